The van der Waals surface area contributed by atoms with E-state index in [0.717, 1.165) is 5.57 Å². The van der Waals surface area contributed by atoms with Gasteiger partial charge in [-0.25, -0.2) is 4.79 Å². The van der Waals surface area contributed by atoms with Gasteiger partial charge in [-0.1, -0.05) is 60.1 Å². The van der Waals surface area contributed by atoms with E-state index in [1.165, 1.54) is 13.8 Å². The van der Waals surface area contributed by atoms with Crippen molar-refractivity contribution in [1.29, 1.82) is 0 Å². The van der Waals surface area contributed by atoms with Crippen molar-refractivity contribution in [2.75, 3.05) is 19.8 Å². The van der Waals surface area contributed by atoms with Gasteiger partial charge < -0.3 is 144 Å². The van der Waals surface area contributed by atoms with Gasteiger partial charge in [0.2, 0.25) is 6.29 Å². The fourth-order valence-corrected chi connectivity index (χ4v) is 18.9. The number of carbonyl (C=O) groups excluding carboxylic acids is 1. The largest absolute Gasteiger partial charge is 0.479 e. The standard InChI is InChI=1S/C64H102O31/c1-23-34(69)37(72)41(76)53(86-23)91-47-28(67)22-85-57(50(47)94-54-43(78)39(74)46(24(2)87-54)90-52-40(75)35(70)27(66)21-84-52)95-58(83)64-17-16-59(3,4)18-26(64)25-10-11-31-61(7)14-13-33(60(5,6)30(61)12-15-62(31,8)63(25,9)19-32(64)68)89-56-45(80)48(44(79)49(93-56)51(81)82)92-55-42(77)38(73)36(71)29(20-65)88-55/h10,23-24,26-50,52-57,65-80H,11-22H2,1-9H3,(H,81,82). The molecule has 31 nitrogen and oxygen atoms in total. The topological polar surface area (TPSA) is 489 Å². The van der Waals surface area contributed by atoms with Crippen molar-refractivity contribution >= 4 is 11.9 Å². The van der Waals surface area contributed by atoms with Crippen LogP contribution in [0.3, 0.4) is 0 Å². The zero-order chi connectivity index (χ0) is 69.5. The van der Waals surface area contributed by atoms with Crippen LogP contribution in [0.5, 0.6) is 0 Å². The summed E-state index contributed by atoms with van der Waals surface area (Å²) >= 11 is 0. The quantitative estimate of drug-likeness (QED) is 0.0448. The van der Waals surface area contributed by atoms with Gasteiger partial charge in [-0.15, -0.1) is 0 Å². The van der Waals surface area contributed by atoms with Crippen molar-refractivity contribution in [3.63, 3.8) is 0 Å². The molecule has 0 radical (unpaired) electrons. The summed E-state index contributed by atoms with van der Waals surface area (Å²) in [5, 5.41) is 187. The highest BCUT2D eigenvalue weighted by molar-refractivity contribution is 5.80. The maximum atomic E-state index is 15.9. The molecule has 4 saturated carbocycles. The van der Waals surface area contributed by atoms with E-state index in [-0.39, 0.29) is 30.1 Å². The summed E-state index contributed by atoms with van der Waals surface area (Å²) in [4.78, 5) is 28.5. The second-order valence-electron chi connectivity index (χ2n) is 31.1. The molecule has 95 heavy (non-hydrogen) atoms. The van der Waals surface area contributed by atoms with Crippen LogP contribution in [0.2, 0.25) is 0 Å². The van der Waals surface area contributed by atoms with Crippen molar-refractivity contribution in [1.82, 2.24) is 0 Å². The highest BCUT2D eigenvalue weighted by Gasteiger charge is 2.73. The number of rotatable bonds is 14. The van der Waals surface area contributed by atoms with Gasteiger partial charge in [0.25, 0.3) is 0 Å². The van der Waals surface area contributed by atoms with Gasteiger partial charge in [0.05, 0.1) is 44.2 Å². The average molecular weight is 1370 g/mol. The smallest absolute Gasteiger partial charge is 0.335 e. The third kappa shape index (κ3) is 12.5. The van der Waals surface area contributed by atoms with Gasteiger partial charge in [0.1, 0.15) is 115 Å². The predicted molar refractivity (Wildman–Crippen MR) is 315 cm³/mol. The van der Waals surface area contributed by atoms with Crippen molar-refractivity contribution < 1.29 is 153 Å². The Morgan fingerprint density at radius 3 is 1.75 bits per heavy atom. The van der Waals surface area contributed by atoms with Crippen LogP contribution in [0.15, 0.2) is 11.6 Å². The molecule has 0 bridgehead atoms. The first-order valence-electron chi connectivity index (χ1n) is 33.5. The van der Waals surface area contributed by atoms with E-state index in [1.54, 1.807) is 0 Å². The number of aliphatic carboxylic acids is 1. The molecule has 0 aromatic rings. The molecule has 11 rings (SSSR count). The lowest BCUT2D eigenvalue weighted by molar-refractivity contribution is -0.384. The van der Waals surface area contributed by atoms with Gasteiger partial charge in [0.15, 0.2) is 43.7 Å². The van der Waals surface area contributed by atoms with Crippen LogP contribution < -0.4 is 0 Å². The summed E-state index contributed by atoms with van der Waals surface area (Å²) < 4.78 is 72.0. The average Bonchev–Trinajstić information content (AvgIpc) is 0.674. The molecule has 10 fully saturated rings. The Morgan fingerprint density at radius 1 is 0.516 bits per heavy atom. The molecule has 0 aromatic heterocycles. The Bertz CT molecular complexity index is 2740. The summed E-state index contributed by atoms with van der Waals surface area (Å²) in [7, 11) is 0. The molecule has 17 N–H and O–H groups in total. The van der Waals surface area contributed by atoms with E-state index >= 15 is 4.79 Å². The van der Waals surface area contributed by atoms with E-state index in [2.05, 4.69) is 40.7 Å². The number of hydrogen-bond donors (Lipinski definition) is 17. The molecule has 0 aromatic carbocycles. The monoisotopic (exact) mass is 1370 g/mol. The minimum Gasteiger partial charge on any atom is -0.479 e. The van der Waals surface area contributed by atoms with Gasteiger partial charge in [0, 0.05) is 0 Å². The number of aliphatic hydroxyl groups excluding tert-OH is 16. The SMILES string of the molecule is CC1OC(OC2C(O)COC(OC(=O)C34CCC(C)(C)CC3C3=CCC5C6(C)CCC(OC7OC(C(=O)O)C(O)C(OC8OC(CO)C(O)C(O)C8O)C7O)C(C)(C)C6CCC5(C)C3(C)CC4O)C2OC2OC(C)C(OC3OCC(O)C(O)C3O)C(O)C2O)C(O)C(O)C1O. The Labute approximate surface area is 549 Å². The Balaban J connectivity index is 0.849. The number of hydrogen-bond acceptors (Lipinski definition) is 30. The molecule has 5 aliphatic carbocycles. The van der Waals surface area contributed by atoms with Crippen LogP contribution in [0, 0.1) is 50.2 Å². The molecule has 37 atom stereocenters. The third-order valence-corrected chi connectivity index (χ3v) is 24.8. The van der Waals surface area contributed by atoms with Crippen LogP contribution in [-0.2, 0) is 66.4 Å². The van der Waals surface area contributed by atoms with E-state index in [1.807, 2.05) is 13.8 Å². The molecule has 6 aliphatic heterocycles. The Kier molecular flexibility index (Phi) is 21.0. The van der Waals surface area contributed by atoms with Gasteiger partial charge in [-0.05, 0) is 116 Å². The number of carboxylic acid groups (broad SMARTS) is 1. The molecule has 0 amide bonds. The maximum Gasteiger partial charge on any atom is 0.335 e. The highest BCUT2D eigenvalue weighted by Crippen LogP contribution is 2.76. The van der Waals surface area contributed by atoms with E-state index in [4.69, 9.17) is 56.8 Å². The lowest BCUT2D eigenvalue weighted by Gasteiger charge is -2.71. The van der Waals surface area contributed by atoms with Gasteiger partial charge in [-0.2, -0.15) is 0 Å². The molecular formula is C64H102O31. The molecule has 31 heteroatoms. The lowest BCUT2D eigenvalue weighted by Crippen LogP contribution is -2.69. The number of carbonyl (C=O) groups is 2. The molecule has 6 saturated heterocycles. The second kappa shape index (κ2) is 27.1. The van der Waals surface area contributed by atoms with Crippen LogP contribution in [0.25, 0.3) is 0 Å². The number of aliphatic hydroxyl groups is 16. The van der Waals surface area contributed by atoms with E-state index in [0.29, 0.717) is 44.9 Å². The van der Waals surface area contributed by atoms with Crippen molar-refractivity contribution in [2.45, 2.75) is 304 Å². The summed E-state index contributed by atoms with van der Waals surface area (Å²) in [6, 6.07) is 0. The Hall–Kier alpha value is -2.40. The minimum atomic E-state index is -2.04. The minimum absolute atomic E-state index is 0.0178. The van der Waals surface area contributed by atoms with Gasteiger partial charge >= 0.3 is 11.9 Å². The fourth-order valence-electron chi connectivity index (χ4n) is 18.9. The summed E-state index contributed by atoms with van der Waals surface area (Å²) in [6.07, 6.45) is -44.1. The van der Waals surface area contributed by atoms with Gasteiger partial charge in [-0.3, -0.25) is 4.79 Å². The first kappa shape index (κ1) is 73.8. The van der Waals surface area contributed by atoms with Crippen molar-refractivity contribution in [3.8, 4) is 0 Å². The number of ether oxygens (including phenoxy) is 12. The fraction of sp³-hybridized carbons (Fsp3) is 0.938. The van der Waals surface area contributed by atoms with E-state index in [9.17, 15) is 91.6 Å². The molecular weight excluding hydrogens is 1260 g/mol. The van der Waals surface area contributed by atoms with Crippen LogP contribution in [0.1, 0.15) is 120 Å². The molecule has 0 spiro atoms. The first-order chi connectivity index (χ1) is 44.4. The molecule has 37 unspecified atom stereocenters. The Morgan fingerprint density at radius 2 is 1.08 bits per heavy atom. The van der Waals surface area contributed by atoms with Crippen molar-refractivity contribution in [3.05, 3.63) is 11.6 Å². The lowest BCUT2D eigenvalue weighted by atomic mass is 9.33. The zero-order valence-corrected chi connectivity index (χ0v) is 54.9. The summed E-state index contributed by atoms with van der Waals surface area (Å²) in [6.45, 7) is 16.0. The predicted octanol–water partition coefficient (Wildman–Crippen LogP) is -3.99. The first-order valence-corrected chi connectivity index (χ1v) is 33.5. The van der Waals surface area contributed by atoms with Crippen LogP contribution >= 0.6 is 0 Å². The summed E-state index contributed by atoms with van der Waals surface area (Å²) in [5.74, 6) is -3.19. The third-order valence-electron chi connectivity index (χ3n) is 24.8. The highest BCUT2D eigenvalue weighted by atomic mass is 16.8. The van der Waals surface area contributed by atoms with Crippen molar-refractivity contribution in [2.24, 2.45) is 50.2 Å². The molecule has 6 heterocycles. The second-order valence-corrected chi connectivity index (χ2v) is 31.1. The number of esters is 1. The molecule has 544 valence electrons. The maximum absolute atomic E-state index is 15.9. The number of allylic oxidation sites excluding steroid dienone is 2. The number of carboxylic acids is 1. The normalized spacial score (nSPS) is 54.5. The van der Waals surface area contributed by atoms with Crippen LogP contribution in [-0.4, -0.2) is 303 Å². The zero-order valence-electron chi connectivity index (χ0n) is 54.9. The molecule has 11 aliphatic rings. The van der Waals surface area contributed by atoms with Crippen LogP contribution in [0.4, 0.5) is 0 Å². The summed E-state index contributed by atoms with van der Waals surface area (Å²) in [5.41, 5.74) is -3.32. The number of fused-ring (bicyclic) bond motifs is 7. The van der Waals surface area contributed by atoms with E-state index < -0.39 is 249 Å².